The highest BCUT2D eigenvalue weighted by molar-refractivity contribution is 5.94. The van der Waals surface area contributed by atoms with Crippen molar-refractivity contribution in [2.24, 2.45) is 0 Å². The smallest absolute Gasteiger partial charge is 0.300 e. The van der Waals surface area contributed by atoms with Crippen molar-refractivity contribution in [3.05, 3.63) is 54.0 Å². The van der Waals surface area contributed by atoms with Gasteiger partial charge < -0.3 is 14.2 Å². The van der Waals surface area contributed by atoms with Gasteiger partial charge in [0.1, 0.15) is 5.82 Å². The van der Waals surface area contributed by atoms with Gasteiger partial charge in [0, 0.05) is 32.4 Å². The molecule has 0 aliphatic carbocycles. The van der Waals surface area contributed by atoms with E-state index in [-0.39, 0.29) is 11.5 Å². The number of amides is 1. The van der Waals surface area contributed by atoms with Gasteiger partial charge in [-0.2, -0.15) is 4.98 Å². The van der Waals surface area contributed by atoms with Crippen LogP contribution < -0.4 is 4.90 Å². The summed E-state index contributed by atoms with van der Waals surface area (Å²) in [6.07, 6.45) is 1.67. The molecule has 0 bridgehead atoms. The van der Waals surface area contributed by atoms with Gasteiger partial charge in [0.05, 0.1) is 5.56 Å². The fourth-order valence-electron chi connectivity index (χ4n) is 2.80. The van der Waals surface area contributed by atoms with Gasteiger partial charge in [-0.15, -0.1) is 0 Å². The van der Waals surface area contributed by atoms with Crippen LogP contribution >= 0.6 is 0 Å². The van der Waals surface area contributed by atoms with Crippen molar-refractivity contribution in [2.45, 2.75) is 0 Å². The number of fused-ring (bicyclic) bond motifs is 1. The normalized spacial score (nSPS) is 15.0. The second-order valence-electron chi connectivity index (χ2n) is 5.58. The molecule has 1 amide bonds. The zero-order valence-corrected chi connectivity index (χ0v) is 12.9. The lowest BCUT2D eigenvalue weighted by atomic mass is 10.1. The molecule has 0 spiro atoms. The summed E-state index contributed by atoms with van der Waals surface area (Å²) in [5.41, 5.74) is 1.31. The summed E-state index contributed by atoms with van der Waals surface area (Å²) in [5, 5.41) is 0. The molecular formula is C17H15FN4O2. The minimum Gasteiger partial charge on any atom is -0.422 e. The van der Waals surface area contributed by atoms with Gasteiger partial charge in [0.15, 0.2) is 5.58 Å². The van der Waals surface area contributed by atoms with Crippen LogP contribution in [0.5, 0.6) is 0 Å². The number of rotatable bonds is 2. The number of oxazole rings is 1. The number of aromatic nitrogens is 2. The standard InChI is InChI=1S/C17H15FN4O2/c18-13-5-2-1-4-12(13)16(23)21-8-10-22(11-9-21)17-20-15-14(24-17)6-3-7-19-15/h1-7H,8-11H2. The minimum absolute atomic E-state index is 0.108. The SMILES string of the molecule is O=C(c1ccccc1F)N1CCN(c2nc3ncccc3o2)CC1. The number of nitrogens with zero attached hydrogens (tertiary/aromatic N) is 4. The molecule has 0 radical (unpaired) electrons. The number of hydrogen-bond acceptors (Lipinski definition) is 5. The molecular weight excluding hydrogens is 311 g/mol. The second-order valence-corrected chi connectivity index (χ2v) is 5.58. The summed E-state index contributed by atoms with van der Waals surface area (Å²) in [7, 11) is 0. The van der Waals surface area contributed by atoms with E-state index in [1.54, 1.807) is 29.3 Å². The van der Waals surface area contributed by atoms with Crippen LogP contribution in [0, 0.1) is 5.82 Å². The summed E-state index contributed by atoms with van der Waals surface area (Å²) >= 11 is 0. The van der Waals surface area contributed by atoms with Crippen molar-refractivity contribution in [3.8, 4) is 0 Å². The lowest BCUT2D eigenvalue weighted by molar-refractivity contribution is 0.0740. The molecule has 6 nitrogen and oxygen atoms in total. The highest BCUT2D eigenvalue weighted by atomic mass is 19.1. The Kier molecular flexibility index (Phi) is 3.60. The Labute approximate surface area is 137 Å². The van der Waals surface area contributed by atoms with Crippen LogP contribution in [0.4, 0.5) is 10.4 Å². The molecule has 3 aromatic rings. The van der Waals surface area contributed by atoms with Crippen molar-refractivity contribution < 1.29 is 13.6 Å². The minimum atomic E-state index is -0.491. The number of carbonyl (C=O) groups excluding carboxylic acids is 1. The number of hydrogen-bond donors (Lipinski definition) is 0. The Morgan fingerprint density at radius 3 is 2.62 bits per heavy atom. The fraction of sp³-hybridized carbons (Fsp3) is 0.235. The number of carbonyl (C=O) groups is 1. The van der Waals surface area contributed by atoms with Crippen LogP contribution in [-0.4, -0.2) is 47.0 Å². The predicted octanol–water partition coefficient (Wildman–Crippen LogP) is 2.32. The van der Waals surface area contributed by atoms with Gasteiger partial charge in [0.2, 0.25) is 5.65 Å². The van der Waals surface area contributed by atoms with Crippen LogP contribution in [0.15, 0.2) is 47.0 Å². The number of halogens is 1. The summed E-state index contributed by atoms with van der Waals surface area (Å²) in [6.45, 7) is 2.12. The first-order valence-electron chi connectivity index (χ1n) is 7.73. The largest absolute Gasteiger partial charge is 0.422 e. The first-order chi connectivity index (χ1) is 11.7. The molecule has 1 saturated heterocycles. The lowest BCUT2D eigenvalue weighted by Gasteiger charge is -2.33. The van der Waals surface area contributed by atoms with Gasteiger partial charge in [-0.1, -0.05) is 12.1 Å². The van der Waals surface area contributed by atoms with Gasteiger partial charge in [-0.05, 0) is 24.3 Å². The molecule has 1 aliphatic heterocycles. The summed E-state index contributed by atoms with van der Waals surface area (Å²) in [4.78, 5) is 24.6. The summed E-state index contributed by atoms with van der Waals surface area (Å²) in [6, 6.07) is 10.2. The zero-order valence-electron chi connectivity index (χ0n) is 12.9. The number of pyridine rings is 1. The number of benzene rings is 1. The monoisotopic (exact) mass is 326 g/mol. The fourth-order valence-corrected chi connectivity index (χ4v) is 2.80. The maximum atomic E-state index is 13.8. The van der Waals surface area contributed by atoms with Crippen molar-refractivity contribution in [1.82, 2.24) is 14.9 Å². The molecule has 1 aliphatic rings. The Morgan fingerprint density at radius 1 is 1.08 bits per heavy atom. The molecule has 0 atom stereocenters. The zero-order chi connectivity index (χ0) is 16.5. The van der Waals surface area contributed by atoms with Crippen LogP contribution in [-0.2, 0) is 0 Å². The molecule has 7 heteroatoms. The van der Waals surface area contributed by atoms with Crippen molar-refractivity contribution in [1.29, 1.82) is 0 Å². The molecule has 2 aromatic heterocycles. The third kappa shape index (κ3) is 2.58. The van der Waals surface area contributed by atoms with Crippen LogP contribution in [0.25, 0.3) is 11.2 Å². The van der Waals surface area contributed by atoms with E-state index in [1.165, 1.54) is 12.1 Å². The van der Waals surface area contributed by atoms with E-state index in [0.717, 1.165) is 0 Å². The quantitative estimate of drug-likeness (QED) is 0.723. The summed E-state index contributed by atoms with van der Waals surface area (Å²) in [5.74, 6) is -0.776. The molecule has 24 heavy (non-hydrogen) atoms. The van der Waals surface area contributed by atoms with Gasteiger partial charge in [-0.3, -0.25) is 4.79 Å². The third-order valence-electron chi connectivity index (χ3n) is 4.10. The molecule has 0 saturated carbocycles. The van der Waals surface area contributed by atoms with E-state index >= 15 is 0 Å². The Balaban J connectivity index is 1.47. The molecule has 0 unspecified atom stereocenters. The van der Waals surface area contributed by atoms with E-state index in [1.807, 2.05) is 11.0 Å². The van der Waals surface area contributed by atoms with Gasteiger partial charge >= 0.3 is 0 Å². The van der Waals surface area contributed by atoms with Crippen molar-refractivity contribution >= 4 is 23.2 Å². The first kappa shape index (κ1) is 14.6. The van der Waals surface area contributed by atoms with E-state index in [0.29, 0.717) is 43.4 Å². The van der Waals surface area contributed by atoms with E-state index < -0.39 is 5.82 Å². The Morgan fingerprint density at radius 2 is 1.88 bits per heavy atom. The second kappa shape index (κ2) is 5.92. The van der Waals surface area contributed by atoms with E-state index in [2.05, 4.69) is 9.97 Å². The molecule has 1 fully saturated rings. The average molecular weight is 326 g/mol. The maximum Gasteiger partial charge on any atom is 0.300 e. The summed E-state index contributed by atoms with van der Waals surface area (Å²) < 4.78 is 19.5. The van der Waals surface area contributed by atoms with E-state index in [4.69, 9.17) is 4.42 Å². The van der Waals surface area contributed by atoms with Gasteiger partial charge in [-0.25, -0.2) is 9.37 Å². The van der Waals surface area contributed by atoms with Crippen molar-refractivity contribution in [2.75, 3.05) is 31.1 Å². The van der Waals surface area contributed by atoms with E-state index in [9.17, 15) is 9.18 Å². The van der Waals surface area contributed by atoms with Crippen LogP contribution in [0.3, 0.4) is 0 Å². The maximum absolute atomic E-state index is 13.8. The topological polar surface area (TPSA) is 62.5 Å². The van der Waals surface area contributed by atoms with Crippen LogP contribution in [0.1, 0.15) is 10.4 Å². The highest BCUT2D eigenvalue weighted by Gasteiger charge is 2.26. The van der Waals surface area contributed by atoms with Crippen molar-refractivity contribution in [3.63, 3.8) is 0 Å². The predicted molar refractivity (Wildman–Crippen MR) is 86.3 cm³/mol. The first-order valence-corrected chi connectivity index (χ1v) is 7.73. The number of piperazine rings is 1. The number of anilines is 1. The lowest BCUT2D eigenvalue weighted by Crippen LogP contribution is -2.49. The Bertz CT molecular complexity index is 854. The highest BCUT2D eigenvalue weighted by Crippen LogP contribution is 2.21. The van der Waals surface area contributed by atoms with Gasteiger partial charge in [0.25, 0.3) is 11.9 Å². The molecule has 1 aromatic carbocycles. The molecule has 4 rings (SSSR count). The average Bonchev–Trinajstić information content (AvgIpc) is 3.06. The molecule has 0 N–H and O–H groups in total. The van der Waals surface area contributed by atoms with Crippen LogP contribution in [0.2, 0.25) is 0 Å². The molecule has 3 heterocycles. The molecule has 122 valence electrons. The Hall–Kier alpha value is -2.96. The third-order valence-corrected chi connectivity index (χ3v) is 4.10.